The number of fused-ring (bicyclic) bond motifs is 2. The molecular formula is C9H15Y-. The summed E-state index contributed by atoms with van der Waals surface area (Å²) in [6.45, 7) is 4.14. The predicted molar refractivity (Wildman–Crippen MR) is 38.9 cm³/mol. The molecule has 1 unspecified atom stereocenters. The van der Waals surface area contributed by atoms with Crippen molar-refractivity contribution in [2.75, 3.05) is 0 Å². The van der Waals surface area contributed by atoms with Crippen LogP contribution >= 0.6 is 0 Å². The van der Waals surface area contributed by atoms with E-state index >= 15 is 0 Å². The summed E-state index contributed by atoms with van der Waals surface area (Å²) in [5.41, 5.74) is 0. The molecule has 55 valence electrons. The Bertz CT molecular complexity index is 99.3. The van der Waals surface area contributed by atoms with Gasteiger partial charge in [0.05, 0.1) is 0 Å². The van der Waals surface area contributed by atoms with Gasteiger partial charge in [0.1, 0.15) is 0 Å². The largest absolute Gasteiger partial charge is 0.340 e. The Hall–Kier alpha value is 1.10. The van der Waals surface area contributed by atoms with E-state index in [-0.39, 0.29) is 32.7 Å². The number of hydrogen-bond donors (Lipinski definition) is 0. The standard InChI is InChI=1S/C9H15.Y/c1-7-4-8-2-3-9(5-7)6-8;/h7-9H,1-6H2;/q-1;/t7?,8-,9+;. The van der Waals surface area contributed by atoms with Gasteiger partial charge in [0.25, 0.3) is 0 Å². The van der Waals surface area contributed by atoms with Gasteiger partial charge < -0.3 is 6.92 Å². The second kappa shape index (κ2) is 3.67. The third-order valence-electron chi connectivity index (χ3n) is 2.98. The van der Waals surface area contributed by atoms with Crippen molar-refractivity contribution in [3.05, 3.63) is 6.92 Å². The van der Waals surface area contributed by atoms with E-state index < -0.39 is 0 Å². The maximum atomic E-state index is 4.14. The molecule has 0 aromatic heterocycles. The van der Waals surface area contributed by atoms with Crippen LogP contribution in [0.1, 0.15) is 32.1 Å². The van der Waals surface area contributed by atoms with Crippen molar-refractivity contribution in [3.63, 3.8) is 0 Å². The summed E-state index contributed by atoms with van der Waals surface area (Å²) in [6.07, 6.45) is 7.41. The van der Waals surface area contributed by atoms with Gasteiger partial charge in [0.15, 0.2) is 0 Å². The quantitative estimate of drug-likeness (QED) is 0.541. The summed E-state index contributed by atoms with van der Waals surface area (Å²) < 4.78 is 0. The van der Waals surface area contributed by atoms with Gasteiger partial charge >= 0.3 is 0 Å². The molecule has 2 bridgehead atoms. The first-order chi connectivity index (χ1) is 4.34. The van der Waals surface area contributed by atoms with Crippen molar-refractivity contribution in [2.45, 2.75) is 32.1 Å². The minimum Gasteiger partial charge on any atom is -0.340 e. The average Bonchev–Trinajstić information content (AvgIpc) is 2.11. The van der Waals surface area contributed by atoms with Gasteiger partial charge in [-0.05, 0) is 18.3 Å². The summed E-state index contributed by atoms with van der Waals surface area (Å²) >= 11 is 0. The molecule has 0 aliphatic heterocycles. The maximum absolute atomic E-state index is 4.14. The van der Waals surface area contributed by atoms with Gasteiger partial charge in [-0.25, -0.2) is 0 Å². The van der Waals surface area contributed by atoms with Crippen LogP contribution in [0.4, 0.5) is 0 Å². The molecule has 2 rings (SSSR count). The predicted octanol–water partition coefficient (Wildman–Crippen LogP) is 2.64. The second-order valence-electron chi connectivity index (χ2n) is 3.88. The van der Waals surface area contributed by atoms with Crippen LogP contribution in [0.15, 0.2) is 0 Å². The van der Waals surface area contributed by atoms with Crippen LogP contribution in [0.25, 0.3) is 0 Å². The van der Waals surface area contributed by atoms with Crippen LogP contribution in [0.5, 0.6) is 0 Å². The molecule has 2 saturated carbocycles. The minimum absolute atomic E-state index is 0. The molecule has 0 heterocycles. The summed E-state index contributed by atoms with van der Waals surface area (Å²) in [7, 11) is 0. The summed E-state index contributed by atoms with van der Waals surface area (Å²) in [4.78, 5) is 0. The van der Waals surface area contributed by atoms with E-state index in [0.29, 0.717) is 0 Å². The van der Waals surface area contributed by atoms with Gasteiger partial charge in [-0.1, -0.05) is 25.7 Å². The van der Waals surface area contributed by atoms with Crippen LogP contribution in [-0.4, -0.2) is 0 Å². The van der Waals surface area contributed by atoms with Crippen molar-refractivity contribution in [2.24, 2.45) is 17.8 Å². The van der Waals surface area contributed by atoms with Gasteiger partial charge in [0.2, 0.25) is 0 Å². The third-order valence-corrected chi connectivity index (χ3v) is 2.98. The average molecular weight is 212 g/mol. The van der Waals surface area contributed by atoms with E-state index in [0.717, 1.165) is 17.8 Å². The number of hydrogen-bond acceptors (Lipinski definition) is 0. The monoisotopic (exact) mass is 212 g/mol. The van der Waals surface area contributed by atoms with Crippen molar-refractivity contribution in [1.29, 1.82) is 0 Å². The molecule has 1 radical (unpaired) electrons. The van der Waals surface area contributed by atoms with E-state index in [1.54, 1.807) is 0 Å². The molecular weight excluding hydrogens is 197 g/mol. The van der Waals surface area contributed by atoms with Crippen LogP contribution < -0.4 is 0 Å². The molecule has 0 amide bonds. The van der Waals surface area contributed by atoms with Crippen LogP contribution in [0.3, 0.4) is 0 Å². The molecule has 0 spiro atoms. The van der Waals surface area contributed by atoms with Gasteiger partial charge in [-0.2, -0.15) is 5.92 Å². The molecule has 2 aliphatic rings. The molecule has 2 aliphatic carbocycles. The fourth-order valence-electron chi connectivity index (χ4n) is 2.65. The zero-order chi connectivity index (χ0) is 6.27. The Morgan fingerprint density at radius 3 is 1.90 bits per heavy atom. The first kappa shape index (κ1) is 9.19. The maximum Gasteiger partial charge on any atom is 0 e. The van der Waals surface area contributed by atoms with Gasteiger partial charge in [-0.15, -0.1) is 0 Å². The molecule has 10 heavy (non-hydrogen) atoms. The molecule has 0 aromatic rings. The Balaban J connectivity index is 0.000000500. The van der Waals surface area contributed by atoms with E-state index in [1.165, 1.54) is 32.1 Å². The third kappa shape index (κ3) is 1.82. The Morgan fingerprint density at radius 1 is 0.900 bits per heavy atom. The second-order valence-corrected chi connectivity index (χ2v) is 3.88. The first-order valence-corrected chi connectivity index (χ1v) is 4.17. The summed E-state index contributed by atoms with van der Waals surface area (Å²) in [5.74, 6) is 2.95. The van der Waals surface area contributed by atoms with E-state index in [2.05, 4.69) is 6.92 Å². The zero-order valence-corrected chi connectivity index (χ0v) is 9.39. The molecule has 2 fully saturated rings. The molecule has 0 N–H and O–H groups in total. The topological polar surface area (TPSA) is 0 Å². The molecule has 3 atom stereocenters. The normalized spacial score (nSPS) is 44.7. The smallest absolute Gasteiger partial charge is 0 e. The van der Waals surface area contributed by atoms with E-state index in [1.807, 2.05) is 0 Å². The van der Waals surface area contributed by atoms with Crippen LogP contribution in [-0.2, 0) is 32.7 Å². The van der Waals surface area contributed by atoms with Crippen LogP contribution in [0, 0.1) is 24.7 Å². The molecule has 0 aromatic carbocycles. The summed E-state index contributed by atoms with van der Waals surface area (Å²) in [6, 6.07) is 0. The molecule has 0 saturated heterocycles. The van der Waals surface area contributed by atoms with Gasteiger partial charge in [-0.3, -0.25) is 0 Å². The Kier molecular flexibility index (Phi) is 3.37. The van der Waals surface area contributed by atoms with Gasteiger partial charge in [0, 0.05) is 32.7 Å². The van der Waals surface area contributed by atoms with E-state index in [4.69, 9.17) is 0 Å². The van der Waals surface area contributed by atoms with E-state index in [9.17, 15) is 0 Å². The molecule has 1 heteroatoms. The Morgan fingerprint density at radius 2 is 1.40 bits per heavy atom. The summed E-state index contributed by atoms with van der Waals surface area (Å²) in [5, 5.41) is 0. The van der Waals surface area contributed by atoms with Crippen LogP contribution in [0.2, 0.25) is 0 Å². The number of rotatable bonds is 0. The minimum atomic E-state index is 0. The fourth-order valence-corrected chi connectivity index (χ4v) is 2.65. The molecule has 0 nitrogen and oxygen atoms in total. The van der Waals surface area contributed by atoms with Crippen molar-refractivity contribution < 1.29 is 32.7 Å². The fraction of sp³-hybridized carbons (Fsp3) is 0.889. The first-order valence-electron chi connectivity index (χ1n) is 4.17. The Labute approximate surface area is 89.0 Å². The SMILES string of the molecule is [CH2-]C1C[C@H]2CC[C@@H](C1)C2.[Y]. The van der Waals surface area contributed by atoms with Crippen molar-refractivity contribution in [1.82, 2.24) is 0 Å². The van der Waals surface area contributed by atoms with Crippen molar-refractivity contribution in [3.8, 4) is 0 Å². The van der Waals surface area contributed by atoms with Crippen molar-refractivity contribution >= 4 is 0 Å². The zero-order valence-electron chi connectivity index (χ0n) is 6.55.